The highest BCUT2D eigenvalue weighted by Gasteiger charge is 2.57. The van der Waals surface area contributed by atoms with Crippen molar-refractivity contribution in [3.05, 3.63) is 11.6 Å². The van der Waals surface area contributed by atoms with Crippen LogP contribution in [0.5, 0.6) is 0 Å². The monoisotopic (exact) mass is 424 g/mol. The van der Waals surface area contributed by atoms with Crippen LogP contribution in [0.15, 0.2) is 11.6 Å². The van der Waals surface area contributed by atoms with E-state index in [9.17, 15) is 0 Å². The summed E-state index contributed by atoms with van der Waals surface area (Å²) in [6, 6.07) is 0. The third kappa shape index (κ3) is 7.95. The van der Waals surface area contributed by atoms with Gasteiger partial charge in [-0.15, -0.1) is 0 Å². The average molecular weight is 425 g/mol. The quantitative estimate of drug-likeness (QED) is 0.141. The molecule has 0 N–H and O–H groups in total. The Bertz CT molecular complexity index is 454. The van der Waals surface area contributed by atoms with Crippen molar-refractivity contribution in [3.8, 4) is 0 Å². The molecule has 0 fully saturated rings. The molecule has 0 amide bonds. The van der Waals surface area contributed by atoms with Crippen LogP contribution in [0.3, 0.4) is 0 Å². The molecule has 0 aliphatic heterocycles. The van der Waals surface area contributed by atoms with E-state index < -0.39 is 5.97 Å². The van der Waals surface area contributed by atoms with Gasteiger partial charge in [0.2, 0.25) is 0 Å². The van der Waals surface area contributed by atoms with Gasteiger partial charge in [0.15, 0.2) is 0 Å². The molecule has 1 unspecified atom stereocenters. The standard InChI is InChI=1S/C27H52O3/c1-9-11-12-13-14-18-21-26(10-2,25-19-16-15-17-20-25)27(28-22(3)4,29-23(5)6)30-24(7)8/h19,22-24H,9-18,20-21H2,1-8H3. The molecule has 0 spiro atoms. The summed E-state index contributed by atoms with van der Waals surface area (Å²) >= 11 is 0. The third-order valence-electron chi connectivity index (χ3n) is 6.22. The van der Waals surface area contributed by atoms with E-state index in [-0.39, 0.29) is 23.7 Å². The smallest absolute Gasteiger partial charge is 0.293 e. The fraction of sp³-hybridized carbons (Fsp3) is 0.926. The van der Waals surface area contributed by atoms with Crippen LogP contribution in [-0.2, 0) is 14.2 Å². The zero-order valence-electron chi connectivity index (χ0n) is 21.5. The van der Waals surface area contributed by atoms with E-state index in [0.717, 1.165) is 25.7 Å². The maximum atomic E-state index is 6.68. The molecule has 0 radical (unpaired) electrons. The van der Waals surface area contributed by atoms with Crippen molar-refractivity contribution in [2.45, 2.75) is 157 Å². The lowest BCUT2D eigenvalue weighted by Crippen LogP contribution is -2.58. The van der Waals surface area contributed by atoms with Gasteiger partial charge in [-0.05, 0) is 80.1 Å². The lowest BCUT2D eigenvalue weighted by Gasteiger charge is -2.52. The lowest BCUT2D eigenvalue weighted by molar-refractivity contribution is -0.451. The number of allylic oxidation sites excluding steroid dienone is 1. The van der Waals surface area contributed by atoms with Crippen LogP contribution in [0, 0.1) is 5.41 Å². The summed E-state index contributed by atoms with van der Waals surface area (Å²) in [5.74, 6) is -1.04. The Hall–Kier alpha value is -0.380. The fourth-order valence-electron chi connectivity index (χ4n) is 4.96. The normalized spacial score (nSPS) is 17.6. The largest absolute Gasteiger partial charge is 0.324 e. The Balaban J connectivity index is 3.35. The summed E-state index contributed by atoms with van der Waals surface area (Å²) in [4.78, 5) is 0. The van der Waals surface area contributed by atoms with Gasteiger partial charge in [-0.3, -0.25) is 0 Å². The molecular formula is C27H52O3. The topological polar surface area (TPSA) is 27.7 Å². The zero-order valence-corrected chi connectivity index (χ0v) is 21.5. The van der Waals surface area contributed by atoms with Gasteiger partial charge in [0.1, 0.15) is 0 Å². The second-order valence-electron chi connectivity index (χ2n) is 9.98. The van der Waals surface area contributed by atoms with E-state index >= 15 is 0 Å². The Morgan fingerprint density at radius 3 is 1.73 bits per heavy atom. The second-order valence-corrected chi connectivity index (χ2v) is 9.98. The van der Waals surface area contributed by atoms with Crippen LogP contribution < -0.4 is 0 Å². The van der Waals surface area contributed by atoms with Crippen molar-refractivity contribution in [1.82, 2.24) is 0 Å². The number of unbranched alkanes of at least 4 members (excludes halogenated alkanes) is 5. The molecule has 30 heavy (non-hydrogen) atoms. The molecule has 1 aliphatic carbocycles. The molecule has 0 aromatic heterocycles. The van der Waals surface area contributed by atoms with Gasteiger partial charge in [0.25, 0.3) is 5.97 Å². The highest BCUT2D eigenvalue weighted by molar-refractivity contribution is 5.20. The average Bonchev–Trinajstić information content (AvgIpc) is 2.66. The van der Waals surface area contributed by atoms with Crippen LogP contribution >= 0.6 is 0 Å². The van der Waals surface area contributed by atoms with E-state index in [0.29, 0.717) is 0 Å². The number of hydrogen-bond acceptors (Lipinski definition) is 3. The first-order chi connectivity index (χ1) is 14.2. The Morgan fingerprint density at radius 1 is 0.767 bits per heavy atom. The molecule has 3 nitrogen and oxygen atoms in total. The minimum atomic E-state index is -1.04. The first-order valence-electron chi connectivity index (χ1n) is 13.0. The molecule has 0 aromatic rings. The van der Waals surface area contributed by atoms with E-state index in [2.05, 4.69) is 61.5 Å². The first-order valence-corrected chi connectivity index (χ1v) is 13.0. The van der Waals surface area contributed by atoms with E-state index in [1.165, 1.54) is 56.9 Å². The third-order valence-corrected chi connectivity index (χ3v) is 6.22. The van der Waals surface area contributed by atoms with Crippen LogP contribution in [0.4, 0.5) is 0 Å². The lowest BCUT2D eigenvalue weighted by atomic mass is 9.68. The summed E-state index contributed by atoms with van der Waals surface area (Å²) in [5, 5.41) is 0. The molecule has 1 aliphatic rings. The first kappa shape index (κ1) is 27.7. The van der Waals surface area contributed by atoms with Gasteiger partial charge in [-0.1, -0.05) is 64.0 Å². The Morgan fingerprint density at radius 2 is 1.30 bits per heavy atom. The molecule has 3 heteroatoms. The molecule has 0 saturated heterocycles. The fourth-order valence-corrected chi connectivity index (χ4v) is 4.96. The minimum Gasteiger partial charge on any atom is -0.324 e. The predicted molar refractivity (Wildman–Crippen MR) is 129 cm³/mol. The number of rotatable bonds is 16. The van der Waals surface area contributed by atoms with E-state index in [1.807, 2.05) is 0 Å². The maximum absolute atomic E-state index is 6.68. The Labute approximate surface area is 188 Å². The van der Waals surface area contributed by atoms with Crippen molar-refractivity contribution in [1.29, 1.82) is 0 Å². The predicted octanol–water partition coefficient (Wildman–Crippen LogP) is 8.56. The molecule has 0 saturated carbocycles. The van der Waals surface area contributed by atoms with Gasteiger partial charge in [0, 0.05) is 0 Å². The summed E-state index contributed by atoms with van der Waals surface area (Å²) in [7, 11) is 0. The van der Waals surface area contributed by atoms with Gasteiger partial charge in [-0.2, -0.15) is 0 Å². The maximum Gasteiger partial charge on any atom is 0.293 e. The summed E-state index contributed by atoms with van der Waals surface area (Å²) < 4.78 is 20.0. The van der Waals surface area contributed by atoms with Crippen molar-refractivity contribution in [3.63, 3.8) is 0 Å². The molecule has 178 valence electrons. The van der Waals surface area contributed by atoms with E-state index in [1.54, 1.807) is 0 Å². The van der Waals surface area contributed by atoms with Crippen molar-refractivity contribution < 1.29 is 14.2 Å². The van der Waals surface area contributed by atoms with Crippen molar-refractivity contribution in [2.75, 3.05) is 0 Å². The summed E-state index contributed by atoms with van der Waals surface area (Å²) in [5.41, 5.74) is 1.27. The molecule has 0 heterocycles. The molecule has 0 aromatic carbocycles. The van der Waals surface area contributed by atoms with Gasteiger partial charge in [-0.25, -0.2) is 0 Å². The van der Waals surface area contributed by atoms with E-state index in [4.69, 9.17) is 14.2 Å². The highest BCUT2D eigenvalue weighted by atomic mass is 16.9. The molecule has 1 atom stereocenters. The van der Waals surface area contributed by atoms with Gasteiger partial charge < -0.3 is 14.2 Å². The molecular weight excluding hydrogens is 372 g/mol. The summed E-state index contributed by atoms with van der Waals surface area (Å²) in [6.07, 6.45) is 17.2. The molecule has 0 bridgehead atoms. The SMILES string of the molecule is CCCCCCCCC(CC)(C1=CCCCC1)C(OC(C)C)(OC(C)C)OC(C)C. The second kappa shape index (κ2) is 13.9. The number of ether oxygens (including phenoxy) is 3. The van der Waals surface area contributed by atoms with Gasteiger partial charge >= 0.3 is 0 Å². The zero-order chi connectivity index (χ0) is 22.6. The summed E-state index contributed by atoms with van der Waals surface area (Å²) in [6.45, 7) is 17.2. The highest BCUT2D eigenvalue weighted by Crippen LogP contribution is 2.53. The van der Waals surface area contributed by atoms with Crippen LogP contribution in [0.2, 0.25) is 0 Å². The van der Waals surface area contributed by atoms with Crippen molar-refractivity contribution in [2.24, 2.45) is 5.41 Å². The van der Waals surface area contributed by atoms with Gasteiger partial charge in [0.05, 0.1) is 23.7 Å². The van der Waals surface area contributed by atoms with Crippen LogP contribution in [0.1, 0.15) is 132 Å². The number of hydrogen-bond donors (Lipinski definition) is 0. The van der Waals surface area contributed by atoms with Crippen LogP contribution in [0.25, 0.3) is 0 Å². The van der Waals surface area contributed by atoms with Crippen LogP contribution in [-0.4, -0.2) is 24.3 Å². The van der Waals surface area contributed by atoms with Crippen molar-refractivity contribution >= 4 is 0 Å². The minimum absolute atomic E-state index is 0.0298. The molecule has 1 rings (SSSR count). The Kier molecular flexibility index (Phi) is 12.8.